The summed E-state index contributed by atoms with van der Waals surface area (Å²) in [5.41, 5.74) is -2.75. The van der Waals surface area contributed by atoms with E-state index in [1.54, 1.807) is 39.5 Å². The van der Waals surface area contributed by atoms with Crippen LogP contribution in [0.5, 0.6) is 5.88 Å². The third-order valence-corrected chi connectivity index (χ3v) is 5.17. The molecule has 1 N–H and O–H groups in total. The molecule has 32 heavy (non-hydrogen) atoms. The Kier molecular flexibility index (Phi) is 7.67. The Morgan fingerprint density at radius 3 is 2.44 bits per heavy atom. The zero-order valence-electron chi connectivity index (χ0n) is 19.4. The number of hydrogen-bond acceptors (Lipinski definition) is 5. The van der Waals surface area contributed by atoms with Gasteiger partial charge >= 0.3 is 12.3 Å². The van der Waals surface area contributed by atoms with E-state index in [1.807, 2.05) is 6.92 Å². The van der Waals surface area contributed by atoms with E-state index in [-0.39, 0.29) is 24.6 Å². The van der Waals surface area contributed by atoms with E-state index in [9.17, 15) is 22.8 Å². The van der Waals surface area contributed by atoms with E-state index in [0.717, 1.165) is 6.07 Å². The number of nitrogens with one attached hydrogen (secondary N) is 1. The monoisotopic (exact) mass is 459 g/mol. The van der Waals surface area contributed by atoms with Crippen molar-refractivity contribution in [3.8, 4) is 5.88 Å². The van der Waals surface area contributed by atoms with Gasteiger partial charge in [-0.25, -0.2) is 9.78 Å². The topological polar surface area (TPSA) is 80.8 Å². The number of alkyl halides is 3. The smallest absolute Gasteiger partial charge is 0.421 e. The second kappa shape index (κ2) is 9.54. The molecule has 1 aliphatic heterocycles. The highest BCUT2D eigenvalue weighted by Crippen LogP contribution is 2.35. The van der Waals surface area contributed by atoms with Gasteiger partial charge in [0.1, 0.15) is 17.8 Å². The average Bonchev–Trinajstić information content (AvgIpc) is 3.07. The van der Waals surface area contributed by atoms with E-state index >= 15 is 0 Å². The number of amides is 2. The van der Waals surface area contributed by atoms with Crippen LogP contribution in [0, 0.1) is 5.41 Å². The summed E-state index contributed by atoms with van der Waals surface area (Å²) >= 11 is 0. The van der Waals surface area contributed by atoms with Crippen LogP contribution in [0.3, 0.4) is 0 Å². The van der Waals surface area contributed by atoms with Gasteiger partial charge in [0.15, 0.2) is 0 Å². The Morgan fingerprint density at radius 2 is 1.88 bits per heavy atom. The maximum Gasteiger partial charge on any atom is 0.421 e. The predicted molar refractivity (Wildman–Crippen MR) is 112 cm³/mol. The molecule has 1 aromatic heterocycles. The van der Waals surface area contributed by atoms with Crippen LogP contribution >= 0.6 is 0 Å². The molecule has 0 aromatic carbocycles. The molecule has 0 aliphatic carbocycles. The van der Waals surface area contributed by atoms with E-state index in [4.69, 9.17) is 9.47 Å². The summed E-state index contributed by atoms with van der Waals surface area (Å²) in [6, 6.07) is 1.53. The van der Waals surface area contributed by atoms with Crippen molar-refractivity contribution < 1.29 is 32.2 Å². The van der Waals surface area contributed by atoms with Gasteiger partial charge in [0, 0.05) is 12.7 Å². The highest BCUT2D eigenvalue weighted by atomic mass is 19.4. The number of ether oxygens (including phenoxy) is 2. The van der Waals surface area contributed by atoms with Crippen molar-refractivity contribution in [1.82, 2.24) is 15.2 Å². The number of carbonyl (C=O) groups excluding carboxylic acids is 2. The number of likely N-dealkylation sites (tertiary alicyclic amines) is 1. The summed E-state index contributed by atoms with van der Waals surface area (Å²) in [5.74, 6) is -0.944. The SMILES string of the molecule is CC[C@H]1[C@H](NC(=O)C(C)(C)COc2ncccc2C(F)(F)F)CCN1C(=O)OC(C)(C)C. The van der Waals surface area contributed by atoms with Crippen molar-refractivity contribution >= 4 is 12.0 Å². The fraction of sp³-hybridized carbons (Fsp3) is 0.682. The first-order valence-electron chi connectivity index (χ1n) is 10.6. The minimum Gasteiger partial charge on any atom is -0.476 e. The van der Waals surface area contributed by atoms with E-state index in [1.165, 1.54) is 12.3 Å². The average molecular weight is 460 g/mol. The molecule has 2 amide bonds. The Balaban J connectivity index is 2.03. The number of aromatic nitrogens is 1. The maximum atomic E-state index is 13.1. The molecule has 1 saturated heterocycles. The lowest BCUT2D eigenvalue weighted by Crippen LogP contribution is -2.51. The number of hydrogen-bond donors (Lipinski definition) is 1. The number of carbonyl (C=O) groups is 2. The molecular formula is C22H32F3N3O4. The molecule has 0 spiro atoms. The van der Waals surface area contributed by atoms with Crippen molar-refractivity contribution in [1.29, 1.82) is 0 Å². The zero-order chi connectivity index (χ0) is 24.3. The molecule has 180 valence electrons. The second-order valence-corrected chi connectivity index (χ2v) is 9.54. The number of nitrogens with zero attached hydrogens (tertiary/aromatic N) is 2. The number of rotatable bonds is 6. The molecule has 1 aromatic rings. The van der Waals surface area contributed by atoms with Crippen molar-refractivity contribution in [2.24, 2.45) is 5.41 Å². The van der Waals surface area contributed by atoms with Gasteiger partial charge in [0.25, 0.3) is 0 Å². The normalized spacial score (nSPS) is 19.6. The first-order chi connectivity index (χ1) is 14.7. The largest absolute Gasteiger partial charge is 0.476 e. The molecule has 1 aliphatic rings. The first-order valence-corrected chi connectivity index (χ1v) is 10.6. The first kappa shape index (κ1) is 25.7. The van der Waals surface area contributed by atoms with Crippen LogP contribution in [0.4, 0.5) is 18.0 Å². The lowest BCUT2D eigenvalue weighted by atomic mass is 9.92. The molecule has 2 heterocycles. The zero-order valence-corrected chi connectivity index (χ0v) is 19.4. The maximum absolute atomic E-state index is 13.1. The van der Waals surface area contributed by atoms with Gasteiger partial charge in [-0.05, 0) is 59.6 Å². The predicted octanol–water partition coefficient (Wildman–Crippen LogP) is 4.41. The van der Waals surface area contributed by atoms with Gasteiger partial charge < -0.3 is 19.7 Å². The fourth-order valence-electron chi connectivity index (χ4n) is 3.47. The number of pyridine rings is 1. The molecule has 10 heteroatoms. The third-order valence-electron chi connectivity index (χ3n) is 5.17. The van der Waals surface area contributed by atoms with Gasteiger partial charge in [-0.3, -0.25) is 4.79 Å². The summed E-state index contributed by atoms with van der Waals surface area (Å²) in [4.78, 5) is 30.7. The Bertz CT molecular complexity index is 821. The van der Waals surface area contributed by atoms with E-state index < -0.39 is 34.7 Å². The number of halogens is 3. The van der Waals surface area contributed by atoms with Gasteiger partial charge in [-0.1, -0.05) is 6.92 Å². The molecule has 0 saturated carbocycles. The molecule has 0 unspecified atom stereocenters. The lowest BCUT2D eigenvalue weighted by molar-refractivity contribution is -0.139. The molecule has 1 fully saturated rings. The van der Waals surface area contributed by atoms with Crippen LogP contribution in [-0.4, -0.2) is 52.7 Å². The highest BCUT2D eigenvalue weighted by molar-refractivity contribution is 5.82. The molecule has 2 rings (SSSR count). The van der Waals surface area contributed by atoms with Crippen LogP contribution in [0.25, 0.3) is 0 Å². The van der Waals surface area contributed by atoms with Crippen molar-refractivity contribution in [3.05, 3.63) is 23.9 Å². The van der Waals surface area contributed by atoms with Crippen LogP contribution in [0.2, 0.25) is 0 Å². The van der Waals surface area contributed by atoms with Crippen LogP contribution in [-0.2, 0) is 15.7 Å². The van der Waals surface area contributed by atoms with Gasteiger partial charge in [-0.2, -0.15) is 13.2 Å². The van der Waals surface area contributed by atoms with Crippen LogP contribution < -0.4 is 10.1 Å². The summed E-state index contributed by atoms with van der Waals surface area (Å²) in [5, 5.41) is 2.94. The van der Waals surface area contributed by atoms with Crippen LogP contribution in [0.15, 0.2) is 18.3 Å². The van der Waals surface area contributed by atoms with Crippen molar-refractivity contribution in [3.63, 3.8) is 0 Å². The third kappa shape index (κ3) is 6.49. The summed E-state index contributed by atoms with van der Waals surface area (Å²) in [6.07, 6.45) is -2.67. The summed E-state index contributed by atoms with van der Waals surface area (Å²) in [7, 11) is 0. The Morgan fingerprint density at radius 1 is 1.22 bits per heavy atom. The quantitative estimate of drug-likeness (QED) is 0.682. The molecule has 0 bridgehead atoms. The molecule has 0 radical (unpaired) electrons. The highest BCUT2D eigenvalue weighted by Gasteiger charge is 2.41. The molecule has 7 nitrogen and oxygen atoms in total. The molecular weight excluding hydrogens is 427 g/mol. The molecule has 2 atom stereocenters. The van der Waals surface area contributed by atoms with Crippen LogP contribution in [0.1, 0.15) is 59.9 Å². The van der Waals surface area contributed by atoms with Crippen molar-refractivity contribution in [2.75, 3.05) is 13.2 Å². The summed E-state index contributed by atoms with van der Waals surface area (Å²) in [6.45, 7) is 10.6. The van der Waals surface area contributed by atoms with E-state index in [2.05, 4.69) is 10.3 Å². The standard InChI is InChI=1S/C22H32F3N3O4/c1-7-16-15(10-12-28(16)19(30)32-20(2,3)4)27-18(29)21(5,6)13-31-17-14(22(23,24)25)9-8-11-26-17/h8-9,11,15-16H,7,10,12-13H2,1-6H3,(H,27,29)/t15-,16+/m1/s1. The second-order valence-electron chi connectivity index (χ2n) is 9.54. The summed E-state index contributed by atoms with van der Waals surface area (Å²) < 4.78 is 50.2. The Hall–Kier alpha value is -2.52. The van der Waals surface area contributed by atoms with Gasteiger partial charge in [0.2, 0.25) is 11.8 Å². The fourth-order valence-corrected chi connectivity index (χ4v) is 3.47. The Labute approximate surface area is 186 Å². The van der Waals surface area contributed by atoms with Crippen molar-refractivity contribution in [2.45, 2.75) is 78.2 Å². The minimum absolute atomic E-state index is 0.238. The van der Waals surface area contributed by atoms with Gasteiger partial charge in [-0.15, -0.1) is 0 Å². The van der Waals surface area contributed by atoms with Gasteiger partial charge in [0.05, 0.1) is 17.5 Å². The van der Waals surface area contributed by atoms with E-state index in [0.29, 0.717) is 19.4 Å². The minimum atomic E-state index is -4.61. The lowest BCUT2D eigenvalue weighted by Gasteiger charge is -2.32.